The third kappa shape index (κ3) is 2.07. The average Bonchev–Trinajstić information content (AvgIpc) is 3.25. The van der Waals surface area contributed by atoms with E-state index in [0.717, 1.165) is 37.4 Å². The third-order valence-electron chi connectivity index (χ3n) is 5.55. The Kier molecular flexibility index (Phi) is 2.91. The number of nitrogens with one attached hydrogen (secondary N) is 1. The lowest BCUT2D eigenvalue weighted by Crippen LogP contribution is -2.34. The second kappa shape index (κ2) is 4.95. The highest BCUT2D eigenvalue weighted by atomic mass is 15.3. The van der Waals surface area contributed by atoms with Crippen molar-refractivity contribution in [3.8, 4) is 0 Å². The molecule has 1 atom stereocenters. The Bertz CT molecular complexity index is 984. The van der Waals surface area contributed by atoms with Crippen molar-refractivity contribution in [3.63, 3.8) is 0 Å². The van der Waals surface area contributed by atoms with Crippen LogP contribution in [0.2, 0.25) is 0 Å². The minimum absolute atomic E-state index is 0.139. The molecule has 2 aliphatic heterocycles. The van der Waals surface area contributed by atoms with Gasteiger partial charge in [0.15, 0.2) is 17.0 Å². The van der Waals surface area contributed by atoms with E-state index < -0.39 is 0 Å². The van der Waals surface area contributed by atoms with Gasteiger partial charge in [-0.15, -0.1) is 0 Å². The molecule has 25 heavy (non-hydrogen) atoms. The molecule has 3 aromatic rings. The van der Waals surface area contributed by atoms with Gasteiger partial charge in [-0.3, -0.25) is 0 Å². The van der Waals surface area contributed by atoms with E-state index >= 15 is 0 Å². The van der Waals surface area contributed by atoms with Crippen LogP contribution in [-0.2, 0) is 5.41 Å². The minimum Gasteiger partial charge on any atom is -0.368 e. The Labute approximate surface area is 146 Å². The number of imidazole rings is 1. The third-order valence-corrected chi connectivity index (χ3v) is 5.55. The Balaban J connectivity index is 1.73. The smallest absolute Gasteiger partial charge is 0.224 e. The zero-order valence-corrected chi connectivity index (χ0v) is 14.5. The van der Waals surface area contributed by atoms with Gasteiger partial charge in [0, 0.05) is 24.2 Å². The van der Waals surface area contributed by atoms with Crippen LogP contribution in [0.3, 0.4) is 0 Å². The SMILES string of the molecule is Bc1ccc2c(c1)N(c1nc(N)nc3[nH]cnc13)CC21CCN(C)C1. The van der Waals surface area contributed by atoms with E-state index in [1.807, 2.05) is 0 Å². The van der Waals surface area contributed by atoms with Crippen LogP contribution >= 0.6 is 0 Å². The summed E-state index contributed by atoms with van der Waals surface area (Å²) in [4.78, 5) is 21.0. The second-order valence-electron chi connectivity index (χ2n) is 7.38. The monoisotopic (exact) mass is 333 g/mol. The maximum atomic E-state index is 5.96. The summed E-state index contributed by atoms with van der Waals surface area (Å²) in [6, 6.07) is 6.75. The summed E-state index contributed by atoms with van der Waals surface area (Å²) < 4.78 is 0. The first-order valence-electron chi connectivity index (χ1n) is 8.60. The van der Waals surface area contributed by atoms with Crippen LogP contribution in [0.4, 0.5) is 17.5 Å². The van der Waals surface area contributed by atoms with E-state index in [4.69, 9.17) is 5.73 Å². The number of hydrogen-bond donors (Lipinski definition) is 2. The van der Waals surface area contributed by atoms with Crippen molar-refractivity contribution < 1.29 is 0 Å². The first-order valence-corrected chi connectivity index (χ1v) is 8.60. The Hall–Kier alpha value is -2.61. The maximum Gasteiger partial charge on any atom is 0.224 e. The van der Waals surface area contributed by atoms with Crippen molar-refractivity contribution in [2.24, 2.45) is 0 Å². The number of benzene rings is 1. The molecule has 8 heteroatoms. The molecule has 1 fully saturated rings. The molecule has 0 radical (unpaired) electrons. The maximum absolute atomic E-state index is 5.96. The van der Waals surface area contributed by atoms with Crippen LogP contribution in [-0.4, -0.2) is 59.4 Å². The number of nitrogen functional groups attached to an aromatic ring is 1. The van der Waals surface area contributed by atoms with Gasteiger partial charge in [0.25, 0.3) is 0 Å². The zero-order valence-electron chi connectivity index (χ0n) is 14.5. The fraction of sp³-hybridized carbons (Fsp3) is 0.353. The summed E-state index contributed by atoms with van der Waals surface area (Å²) in [7, 11) is 4.32. The standard InChI is InChI=1S/C17H20BN7/c1-24-5-4-17(7-24)8-25(12-6-10(18)2-3-11(12)17)15-13-14(21-9-20-13)22-16(19)23-15/h2-3,6,9H,4-5,7-8,18H2,1H3,(H3,19,20,21,22,23). The highest BCUT2D eigenvalue weighted by Crippen LogP contribution is 2.48. The topological polar surface area (TPSA) is 87.0 Å². The van der Waals surface area contributed by atoms with E-state index in [1.54, 1.807) is 6.33 Å². The second-order valence-corrected chi connectivity index (χ2v) is 7.38. The predicted octanol–water partition coefficient (Wildman–Crippen LogP) is -0.0815. The Morgan fingerprint density at radius 3 is 2.96 bits per heavy atom. The largest absolute Gasteiger partial charge is 0.368 e. The average molecular weight is 333 g/mol. The van der Waals surface area contributed by atoms with Crippen molar-refractivity contribution in [1.82, 2.24) is 24.8 Å². The van der Waals surface area contributed by atoms with Crippen molar-refractivity contribution in [1.29, 1.82) is 0 Å². The van der Waals surface area contributed by atoms with Gasteiger partial charge in [0.2, 0.25) is 5.95 Å². The summed E-state index contributed by atoms with van der Waals surface area (Å²) in [5, 5.41) is 0. The molecule has 4 heterocycles. The first-order chi connectivity index (χ1) is 12.1. The number of likely N-dealkylation sites (tertiary alicyclic amines) is 1. The van der Waals surface area contributed by atoms with Crippen molar-refractivity contribution in [3.05, 3.63) is 30.1 Å². The zero-order chi connectivity index (χ0) is 17.2. The van der Waals surface area contributed by atoms with Gasteiger partial charge in [-0.25, -0.2) is 4.98 Å². The fourth-order valence-electron chi connectivity index (χ4n) is 4.43. The highest BCUT2D eigenvalue weighted by molar-refractivity contribution is 6.32. The Morgan fingerprint density at radius 1 is 1.28 bits per heavy atom. The van der Waals surface area contributed by atoms with Crippen LogP contribution in [0.5, 0.6) is 0 Å². The van der Waals surface area contributed by atoms with Crippen molar-refractivity contribution in [2.45, 2.75) is 11.8 Å². The van der Waals surface area contributed by atoms with Crippen molar-refractivity contribution in [2.75, 3.05) is 37.3 Å². The summed E-state index contributed by atoms with van der Waals surface area (Å²) >= 11 is 0. The van der Waals surface area contributed by atoms with Crippen molar-refractivity contribution >= 4 is 41.9 Å². The van der Waals surface area contributed by atoms with Gasteiger partial charge >= 0.3 is 0 Å². The molecular formula is C17H20BN7. The van der Waals surface area contributed by atoms with Crippen LogP contribution in [0.1, 0.15) is 12.0 Å². The number of H-pyrrole nitrogens is 1. The first kappa shape index (κ1) is 14.7. The normalized spacial score (nSPS) is 23.0. The molecule has 126 valence electrons. The summed E-state index contributed by atoms with van der Waals surface area (Å²) in [5.41, 5.74) is 11.4. The molecular weight excluding hydrogens is 313 g/mol. The molecule has 3 N–H and O–H groups in total. The van der Waals surface area contributed by atoms with E-state index in [-0.39, 0.29) is 11.4 Å². The highest BCUT2D eigenvalue weighted by Gasteiger charge is 2.47. The van der Waals surface area contributed by atoms with Gasteiger partial charge < -0.3 is 20.5 Å². The molecule has 1 saturated heterocycles. The molecule has 0 saturated carbocycles. The van der Waals surface area contributed by atoms with E-state index in [2.05, 4.69) is 62.8 Å². The molecule has 0 amide bonds. The van der Waals surface area contributed by atoms with Crippen LogP contribution in [0.15, 0.2) is 24.5 Å². The van der Waals surface area contributed by atoms with Crippen LogP contribution in [0, 0.1) is 0 Å². The van der Waals surface area contributed by atoms with Gasteiger partial charge in [-0.2, -0.15) is 9.97 Å². The summed E-state index contributed by atoms with van der Waals surface area (Å²) in [5.74, 6) is 1.06. The van der Waals surface area contributed by atoms with Crippen LogP contribution < -0.4 is 16.1 Å². The van der Waals surface area contributed by atoms with E-state index in [1.165, 1.54) is 16.7 Å². The predicted molar refractivity (Wildman–Crippen MR) is 102 cm³/mol. The van der Waals surface area contributed by atoms with Gasteiger partial charge in [-0.05, 0) is 31.6 Å². The summed E-state index contributed by atoms with van der Waals surface area (Å²) in [6.45, 7) is 3.07. The molecule has 0 aliphatic carbocycles. The number of anilines is 3. The molecule has 1 spiro atoms. The molecule has 1 unspecified atom stereocenters. The lowest BCUT2D eigenvalue weighted by Gasteiger charge is -2.25. The molecule has 0 bridgehead atoms. The number of likely N-dealkylation sites (N-methyl/N-ethyl adjacent to an activating group) is 1. The lowest BCUT2D eigenvalue weighted by atomic mass is 9.80. The van der Waals surface area contributed by atoms with E-state index in [0.29, 0.717) is 5.65 Å². The van der Waals surface area contributed by atoms with Gasteiger partial charge in [0.1, 0.15) is 7.85 Å². The lowest BCUT2D eigenvalue weighted by molar-refractivity contribution is 0.378. The fourth-order valence-corrected chi connectivity index (χ4v) is 4.43. The quantitative estimate of drug-likeness (QED) is 0.606. The van der Waals surface area contributed by atoms with Gasteiger partial charge in [-0.1, -0.05) is 17.6 Å². The molecule has 7 nitrogen and oxygen atoms in total. The van der Waals surface area contributed by atoms with E-state index in [9.17, 15) is 0 Å². The number of rotatable bonds is 1. The molecule has 1 aromatic carbocycles. The van der Waals surface area contributed by atoms with Crippen LogP contribution in [0.25, 0.3) is 11.2 Å². The number of nitrogens with two attached hydrogens (primary N) is 1. The Morgan fingerprint density at radius 2 is 2.16 bits per heavy atom. The number of fused-ring (bicyclic) bond motifs is 3. The summed E-state index contributed by atoms with van der Waals surface area (Å²) in [6.07, 6.45) is 2.80. The van der Waals surface area contributed by atoms with Gasteiger partial charge in [0.05, 0.1) is 6.33 Å². The number of hydrogen-bond acceptors (Lipinski definition) is 6. The molecule has 5 rings (SSSR count). The number of aromatic nitrogens is 4. The molecule has 2 aliphatic rings. The number of nitrogens with zero attached hydrogens (tertiary/aromatic N) is 5. The molecule has 2 aromatic heterocycles. The number of aromatic amines is 1. The minimum atomic E-state index is 0.139.